The van der Waals surface area contributed by atoms with Gasteiger partial charge in [-0.15, -0.1) is 0 Å². The Hall–Kier alpha value is -2.04. The van der Waals surface area contributed by atoms with Gasteiger partial charge in [0.25, 0.3) is 0 Å². The van der Waals surface area contributed by atoms with Crippen LogP contribution >= 0.6 is 0 Å². The Balaban J connectivity index is 2.87. The molecule has 2 N–H and O–H groups in total. The van der Waals surface area contributed by atoms with Gasteiger partial charge in [-0.25, -0.2) is 4.79 Å². The van der Waals surface area contributed by atoms with E-state index < -0.39 is 5.97 Å². The number of carboxylic acids is 1. The van der Waals surface area contributed by atoms with Crippen LogP contribution in [-0.2, 0) is 4.79 Å². The van der Waals surface area contributed by atoms with Crippen molar-refractivity contribution in [3.05, 3.63) is 29.8 Å². The zero-order valence-electron chi connectivity index (χ0n) is 11.5. The van der Waals surface area contributed by atoms with E-state index in [2.05, 4.69) is 5.32 Å². The molecule has 0 aliphatic carbocycles. The van der Waals surface area contributed by atoms with Gasteiger partial charge >= 0.3 is 12.0 Å². The van der Waals surface area contributed by atoms with E-state index in [1.54, 1.807) is 0 Å². The normalized spacial score (nSPS) is 10.3. The first-order valence-electron chi connectivity index (χ1n) is 6.26. The molecule has 0 bridgehead atoms. The summed E-state index contributed by atoms with van der Waals surface area (Å²) in [5.41, 5.74) is 1.79. The van der Waals surface area contributed by atoms with Crippen molar-refractivity contribution in [1.29, 1.82) is 0 Å². The fourth-order valence-corrected chi connectivity index (χ4v) is 1.60. The number of carbonyl (C=O) groups is 2. The van der Waals surface area contributed by atoms with Crippen molar-refractivity contribution in [1.82, 2.24) is 5.32 Å². The number of nitrogens with zero attached hydrogens (tertiary/aromatic N) is 1. The predicted molar refractivity (Wildman–Crippen MR) is 74.4 cm³/mol. The lowest BCUT2D eigenvalue weighted by Gasteiger charge is -2.24. The highest BCUT2D eigenvalue weighted by Crippen LogP contribution is 2.16. The first-order chi connectivity index (χ1) is 8.90. The Labute approximate surface area is 113 Å². The smallest absolute Gasteiger partial charge is 0.322 e. The summed E-state index contributed by atoms with van der Waals surface area (Å²) in [5, 5.41) is 11.5. The number of aryl methyl sites for hydroxylation is 1. The number of aliphatic carboxylic acids is 1. The fourth-order valence-electron chi connectivity index (χ4n) is 1.60. The molecule has 0 aliphatic heterocycles. The molecule has 0 spiro atoms. The van der Waals surface area contributed by atoms with Crippen LogP contribution in [0.1, 0.15) is 25.8 Å². The van der Waals surface area contributed by atoms with E-state index in [1.807, 2.05) is 45.0 Å². The quantitative estimate of drug-likeness (QED) is 0.858. The minimum atomic E-state index is -0.922. The summed E-state index contributed by atoms with van der Waals surface area (Å²) in [6.45, 7) is 5.83. The van der Waals surface area contributed by atoms with Gasteiger partial charge < -0.3 is 10.4 Å². The minimum Gasteiger partial charge on any atom is -0.481 e. The molecule has 104 valence electrons. The van der Waals surface area contributed by atoms with E-state index in [-0.39, 0.29) is 25.0 Å². The van der Waals surface area contributed by atoms with Crippen LogP contribution in [0.3, 0.4) is 0 Å². The lowest BCUT2D eigenvalue weighted by Crippen LogP contribution is -2.44. The maximum Gasteiger partial charge on any atom is 0.322 e. The summed E-state index contributed by atoms with van der Waals surface area (Å²) in [6, 6.07) is 7.15. The van der Waals surface area contributed by atoms with E-state index in [0.29, 0.717) is 5.69 Å². The SMILES string of the molecule is Cc1ccc(N(CCC(=O)O)C(=O)NC(C)C)cc1. The second kappa shape index (κ2) is 6.78. The number of hydrogen-bond donors (Lipinski definition) is 2. The van der Waals surface area contributed by atoms with Gasteiger partial charge in [0, 0.05) is 18.3 Å². The fraction of sp³-hybridized carbons (Fsp3) is 0.429. The number of hydrogen-bond acceptors (Lipinski definition) is 2. The third kappa shape index (κ3) is 4.99. The zero-order valence-corrected chi connectivity index (χ0v) is 11.5. The van der Waals surface area contributed by atoms with Gasteiger partial charge in [-0.3, -0.25) is 9.69 Å². The topological polar surface area (TPSA) is 69.6 Å². The lowest BCUT2D eigenvalue weighted by molar-refractivity contribution is -0.136. The summed E-state index contributed by atoms with van der Waals surface area (Å²) < 4.78 is 0. The minimum absolute atomic E-state index is 0.00489. The van der Waals surface area contributed by atoms with Crippen molar-refractivity contribution in [2.75, 3.05) is 11.4 Å². The summed E-state index contributed by atoms with van der Waals surface area (Å²) in [4.78, 5) is 24.2. The molecule has 1 aromatic carbocycles. The molecule has 0 fully saturated rings. The molecular formula is C14H20N2O3. The molecule has 0 aromatic heterocycles. The Bertz CT molecular complexity index is 441. The van der Waals surface area contributed by atoms with Crippen LogP contribution in [0.2, 0.25) is 0 Å². The van der Waals surface area contributed by atoms with E-state index >= 15 is 0 Å². The summed E-state index contributed by atoms with van der Waals surface area (Å²) >= 11 is 0. The maximum atomic E-state index is 12.1. The Morgan fingerprint density at radius 1 is 1.26 bits per heavy atom. The van der Waals surface area contributed by atoms with Crippen LogP contribution in [0.15, 0.2) is 24.3 Å². The van der Waals surface area contributed by atoms with Gasteiger partial charge in [0.1, 0.15) is 0 Å². The van der Waals surface area contributed by atoms with Crippen LogP contribution in [-0.4, -0.2) is 29.7 Å². The van der Waals surface area contributed by atoms with Crippen molar-refractivity contribution >= 4 is 17.7 Å². The third-order valence-corrected chi connectivity index (χ3v) is 2.55. The summed E-state index contributed by atoms with van der Waals surface area (Å²) in [7, 11) is 0. The van der Waals surface area contributed by atoms with Gasteiger partial charge in [-0.1, -0.05) is 17.7 Å². The van der Waals surface area contributed by atoms with Gasteiger partial charge in [0.05, 0.1) is 6.42 Å². The number of amides is 2. The van der Waals surface area contributed by atoms with Crippen molar-refractivity contribution in [2.24, 2.45) is 0 Å². The maximum absolute atomic E-state index is 12.1. The molecule has 0 unspecified atom stereocenters. The van der Waals surface area contributed by atoms with Crippen LogP contribution in [0.25, 0.3) is 0 Å². The van der Waals surface area contributed by atoms with E-state index in [0.717, 1.165) is 5.56 Å². The first-order valence-corrected chi connectivity index (χ1v) is 6.26. The Kier molecular flexibility index (Phi) is 5.36. The van der Waals surface area contributed by atoms with Crippen LogP contribution < -0.4 is 10.2 Å². The molecule has 2 amide bonds. The van der Waals surface area contributed by atoms with Crippen molar-refractivity contribution in [2.45, 2.75) is 33.2 Å². The van der Waals surface area contributed by atoms with E-state index in [1.165, 1.54) is 4.90 Å². The van der Waals surface area contributed by atoms with E-state index in [4.69, 9.17) is 5.11 Å². The van der Waals surface area contributed by atoms with Gasteiger partial charge in [-0.2, -0.15) is 0 Å². The van der Waals surface area contributed by atoms with Gasteiger partial charge in [0.15, 0.2) is 0 Å². The molecule has 0 radical (unpaired) electrons. The average Bonchev–Trinajstić information content (AvgIpc) is 2.30. The van der Waals surface area contributed by atoms with Gasteiger partial charge in [0.2, 0.25) is 0 Å². The van der Waals surface area contributed by atoms with Gasteiger partial charge in [-0.05, 0) is 32.9 Å². The molecule has 0 saturated carbocycles. The monoisotopic (exact) mass is 264 g/mol. The first kappa shape index (κ1) is 15.0. The Morgan fingerprint density at radius 3 is 2.32 bits per heavy atom. The van der Waals surface area contributed by atoms with Crippen molar-refractivity contribution in [3.63, 3.8) is 0 Å². The highest BCUT2D eigenvalue weighted by molar-refractivity contribution is 5.92. The average molecular weight is 264 g/mol. The highest BCUT2D eigenvalue weighted by Gasteiger charge is 2.17. The Morgan fingerprint density at radius 2 is 1.84 bits per heavy atom. The molecule has 5 nitrogen and oxygen atoms in total. The standard InChI is InChI=1S/C14H20N2O3/c1-10(2)15-14(19)16(9-8-13(17)18)12-6-4-11(3)5-7-12/h4-7,10H,8-9H2,1-3H3,(H,15,19)(H,17,18). The predicted octanol–water partition coefficient (Wildman–Crippen LogP) is 2.39. The summed E-state index contributed by atoms with van der Waals surface area (Å²) in [5.74, 6) is -0.922. The van der Waals surface area contributed by atoms with Crippen molar-refractivity contribution < 1.29 is 14.7 Å². The van der Waals surface area contributed by atoms with E-state index in [9.17, 15) is 9.59 Å². The number of urea groups is 1. The zero-order chi connectivity index (χ0) is 14.4. The molecule has 5 heteroatoms. The third-order valence-electron chi connectivity index (χ3n) is 2.55. The number of carboxylic acid groups (broad SMARTS) is 1. The molecule has 0 atom stereocenters. The second-order valence-electron chi connectivity index (χ2n) is 4.74. The number of rotatable bonds is 5. The molecule has 1 aromatic rings. The molecule has 1 rings (SSSR count). The molecule has 0 saturated heterocycles. The number of anilines is 1. The summed E-state index contributed by atoms with van der Waals surface area (Å²) in [6.07, 6.45) is -0.0839. The van der Waals surface area contributed by atoms with Crippen LogP contribution in [0, 0.1) is 6.92 Å². The van der Waals surface area contributed by atoms with Crippen molar-refractivity contribution in [3.8, 4) is 0 Å². The molecule has 0 heterocycles. The van der Waals surface area contributed by atoms with Crippen LogP contribution in [0.5, 0.6) is 0 Å². The number of carbonyl (C=O) groups excluding carboxylic acids is 1. The largest absolute Gasteiger partial charge is 0.481 e. The molecule has 19 heavy (non-hydrogen) atoms. The lowest BCUT2D eigenvalue weighted by atomic mass is 10.2. The highest BCUT2D eigenvalue weighted by atomic mass is 16.4. The number of benzene rings is 1. The molecular weight excluding hydrogens is 244 g/mol. The van der Waals surface area contributed by atoms with Crippen LogP contribution in [0.4, 0.5) is 10.5 Å². The number of nitrogens with one attached hydrogen (secondary N) is 1. The molecule has 0 aliphatic rings. The second-order valence-corrected chi connectivity index (χ2v) is 4.74.